The third kappa shape index (κ3) is 3.47. The molecule has 16 heavy (non-hydrogen) atoms. The van der Waals surface area contributed by atoms with Gasteiger partial charge in [-0.2, -0.15) is 0 Å². The number of amides is 1. The van der Waals surface area contributed by atoms with Crippen molar-refractivity contribution >= 4 is 46.2 Å². The zero-order valence-electron chi connectivity index (χ0n) is 8.84. The minimum absolute atomic E-state index is 0.0142. The van der Waals surface area contributed by atoms with E-state index >= 15 is 0 Å². The molecule has 1 aromatic heterocycles. The lowest BCUT2D eigenvalue weighted by molar-refractivity contribution is -0.120. The molecule has 88 valence electrons. The molecule has 0 atom stereocenters. The van der Waals surface area contributed by atoms with Gasteiger partial charge in [0.1, 0.15) is 4.34 Å². The summed E-state index contributed by atoms with van der Waals surface area (Å²) in [6.45, 7) is 3.58. The largest absolute Gasteiger partial charge is 0.345 e. The van der Waals surface area contributed by atoms with Crippen LogP contribution in [-0.2, 0) is 4.79 Å². The molecule has 0 saturated heterocycles. The number of ketones is 1. The molecule has 0 saturated carbocycles. The van der Waals surface area contributed by atoms with Gasteiger partial charge in [0.2, 0.25) is 0 Å². The lowest BCUT2D eigenvalue weighted by Crippen LogP contribution is -2.31. The van der Waals surface area contributed by atoms with Crippen molar-refractivity contribution in [3.05, 3.63) is 20.3 Å². The minimum atomic E-state index is -0.373. The van der Waals surface area contributed by atoms with Crippen molar-refractivity contribution in [3.8, 4) is 0 Å². The molecule has 6 heteroatoms. The van der Waals surface area contributed by atoms with Crippen LogP contribution in [0.1, 0.15) is 24.2 Å². The number of hydrogen-bond donors (Lipinski definition) is 1. The normalized spacial score (nSPS) is 10.6. The molecule has 3 nitrogen and oxygen atoms in total. The van der Waals surface area contributed by atoms with Crippen LogP contribution >= 0.6 is 34.5 Å². The smallest absolute Gasteiger partial charge is 0.254 e. The second-order valence-corrected chi connectivity index (χ2v) is 5.83. The van der Waals surface area contributed by atoms with E-state index in [1.165, 1.54) is 6.07 Å². The molecule has 0 unspecified atom stereocenters. The van der Waals surface area contributed by atoms with E-state index in [2.05, 4.69) is 5.32 Å². The number of Topliss-reactive ketones (excluding diaryl/α,β-unsaturated/α-hetero) is 1. The van der Waals surface area contributed by atoms with E-state index in [9.17, 15) is 9.59 Å². The number of thiophene rings is 1. The fourth-order valence-electron chi connectivity index (χ4n) is 0.962. The molecule has 1 rings (SSSR count). The number of halogens is 2. The fourth-order valence-corrected chi connectivity index (χ4v) is 2.42. The summed E-state index contributed by atoms with van der Waals surface area (Å²) in [6.07, 6.45) is 0. The molecule has 0 aromatic carbocycles. The predicted molar refractivity (Wildman–Crippen MR) is 66.5 cm³/mol. The highest BCUT2D eigenvalue weighted by molar-refractivity contribution is 7.20. The summed E-state index contributed by atoms with van der Waals surface area (Å²) >= 11 is 12.6. The Morgan fingerprint density at radius 3 is 2.50 bits per heavy atom. The Kier molecular flexibility index (Phi) is 4.77. The Balaban J connectivity index is 2.60. The van der Waals surface area contributed by atoms with Crippen molar-refractivity contribution in [2.24, 2.45) is 5.92 Å². The summed E-state index contributed by atoms with van der Waals surface area (Å²) in [5.74, 6) is -0.491. The lowest BCUT2D eigenvalue weighted by atomic mass is 10.1. The van der Waals surface area contributed by atoms with Gasteiger partial charge >= 0.3 is 0 Å². The average Bonchev–Trinajstić information content (AvgIpc) is 2.53. The Hall–Kier alpha value is -0.580. The van der Waals surface area contributed by atoms with Crippen LogP contribution in [0, 0.1) is 5.92 Å². The minimum Gasteiger partial charge on any atom is -0.345 e. The molecule has 0 radical (unpaired) electrons. The highest BCUT2D eigenvalue weighted by atomic mass is 35.5. The number of nitrogens with one attached hydrogen (secondary N) is 1. The van der Waals surface area contributed by atoms with Crippen LogP contribution in [0.25, 0.3) is 0 Å². The van der Waals surface area contributed by atoms with E-state index in [1.54, 1.807) is 13.8 Å². The van der Waals surface area contributed by atoms with Gasteiger partial charge in [0.05, 0.1) is 16.4 Å². The number of carbonyl (C=O) groups is 2. The molecule has 1 aromatic rings. The van der Waals surface area contributed by atoms with Crippen LogP contribution < -0.4 is 5.32 Å². The van der Waals surface area contributed by atoms with Gasteiger partial charge in [-0.1, -0.05) is 37.0 Å². The van der Waals surface area contributed by atoms with Gasteiger partial charge in [-0.25, -0.2) is 0 Å². The molecule has 0 aliphatic rings. The van der Waals surface area contributed by atoms with Crippen molar-refractivity contribution in [3.63, 3.8) is 0 Å². The number of carbonyl (C=O) groups excluding carboxylic acids is 2. The molecule has 0 spiro atoms. The maximum absolute atomic E-state index is 11.6. The fraction of sp³-hybridized carbons (Fsp3) is 0.400. The van der Waals surface area contributed by atoms with Crippen LogP contribution in [0.15, 0.2) is 6.07 Å². The maximum atomic E-state index is 11.6. The Morgan fingerprint density at radius 2 is 2.06 bits per heavy atom. The standard InChI is InChI=1S/C10H11Cl2NO2S/c1-5(2)7(14)4-13-10(15)6-3-8(11)16-9(6)12/h3,5H,4H2,1-2H3,(H,13,15). The van der Waals surface area contributed by atoms with E-state index in [0.717, 1.165) is 11.3 Å². The average molecular weight is 280 g/mol. The monoisotopic (exact) mass is 279 g/mol. The quantitative estimate of drug-likeness (QED) is 0.921. The first-order valence-corrected chi connectivity index (χ1v) is 6.24. The first kappa shape index (κ1) is 13.5. The summed E-state index contributed by atoms with van der Waals surface area (Å²) in [5.41, 5.74) is 0.313. The molecule has 0 aliphatic carbocycles. The van der Waals surface area contributed by atoms with Gasteiger partial charge in [0.25, 0.3) is 5.91 Å². The van der Waals surface area contributed by atoms with Crippen LogP contribution in [0.3, 0.4) is 0 Å². The molecule has 1 N–H and O–H groups in total. The molecule has 0 bridgehead atoms. The lowest BCUT2D eigenvalue weighted by Gasteiger charge is -2.05. The van der Waals surface area contributed by atoms with Crippen LogP contribution in [0.2, 0.25) is 8.67 Å². The summed E-state index contributed by atoms with van der Waals surface area (Å²) < 4.78 is 0.782. The zero-order chi connectivity index (χ0) is 12.3. The third-order valence-electron chi connectivity index (χ3n) is 1.97. The Bertz CT molecular complexity index is 415. The van der Waals surface area contributed by atoms with Crippen molar-refractivity contribution < 1.29 is 9.59 Å². The van der Waals surface area contributed by atoms with Gasteiger partial charge in [0, 0.05) is 5.92 Å². The first-order chi connectivity index (χ1) is 7.41. The maximum Gasteiger partial charge on any atom is 0.254 e. The van der Waals surface area contributed by atoms with Gasteiger partial charge in [-0.3, -0.25) is 9.59 Å². The van der Waals surface area contributed by atoms with Gasteiger partial charge in [-0.15, -0.1) is 11.3 Å². The highest BCUT2D eigenvalue weighted by Crippen LogP contribution is 2.30. The number of rotatable bonds is 4. The SMILES string of the molecule is CC(C)C(=O)CNC(=O)c1cc(Cl)sc1Cl. The summed E-state index contributed by atoms with van der Waals surface area (Å²) in [6, 6.07) is 1.49. The number of hydrogen-bond acceptors (Lipinski definition) is 3. The predicted octanol–water partition coefficient (Wildman–Crippen LogP) is 3.01. The van der Waals surface area contributed by atoms with Gasteiger partial charge in [0.15, 0.2) is 5.78 Å². The summed E-state index contributed by atoms with van der Waals surface area (Å²) in [5, 5.41) is 2.51. The summed E-state index contributed by atoms with van der Waals surface area (Å²) in [4.78, 5) is 22.9. The zero-order valence-corrected chi connectivity index (χ0v) is 11.2. The second kappa shape index (κ2) is 5.66. The van der Waals surface area contributed by atoms with Gasteiger partial charge < -0.3 is 5.32 Å². The summed E-state index contributed by atoms with van der Waals surface area (Å²) in [7, 11) is 0. The van der Waals surface area contributed by atoms with E-state index in [0.29, 0.717) is 14.2 Å². The van der Waals surface area contributed by atoms with E-state index < -0.39 is 0 Å². The Morgan fingerprint density at radius 1 is 1.44 bits per heavy atom. The third-order valence-corrected chi connectivity index (χ3v) is 3.46. The topological polar surface area (TPSA) is 46.2 Å². The first-order valence-electron chi connectivity index (χ1n) is 4.67. The van der Waals surface area contributed by atoms with E-state index in [1.807, 2.05) is 0 Å². The van der Waals surface area contributed by atoms with Crippen molar-refractivity contribution in [2.75, 3.05) is 6.54 Å². The van der Waals surface area contributed by atoms with Crippen LogP contribution in [0.5, 0.6) is 0 Å². The van der Waals surface area contributed by atoms with E-state index in [-0.39, 0.29) is 24.2 Å². The van der Waals surface area contributed by atoms with E-state index in [4.69, 9.17) is 23.2 Å². The van der Waals surface area contributed by atoms with Crippen molar-refractivity contribution in [1.29, 1.82) is 0 Å². The Labute approximate surface area is 108 Å². The molecule has 0 aliphatic heterocycles. The van der Waals surface area contributed by atoms with Gasteiger partial charge in [-0.05, 0) is 6.07 Å². The molecular formula is C10H11Cl2NO2S. The molecule has 1 amide bonds. The highest BCUT2D eigenvalue weighted by Gasteiger charge is 2.15. The second-order valence-electron chi connectivity index (χ2n) is 3.54. The van der Waals surface area contributed by atoms with Crippen LogP contribution in [0.4, 0.5) is 0 Å². The molecular weight excluding hydrogens is 269 g/mol. The van der Waals surface area contributed by atoms with Crippen molar-refractivity contribution in [1.82, 2.24) is 5.32 Å². The molecule has 0 fully saturated rings. The van der Waals surface area contributed by atoms with Crippen LogP contribution in [-0.4, -0.2) is 18.2 Å². The van der Waals surface area contributed by atoms with Crippen molar-refractivity contribution in [2.45, 2.75) is 13.8 Å². The molecule has 1 heterocycles.